The number of hydrogen-bond donors (Lipinski definition) is 0. The molecule has 1 heterocycles. The molecule has 0 saturated heterocycles. The van der Waals surface area contributed by atoms with E-state index in [1.54, 1.807) is 0 Å². The zero-order valence-corrected chi connectivity index (χ0v) is 7.86. The molecule has 1 aromatic rings. The molecule has 0 unspecified atom stereocenters. The van der Waals surface area contributed by atoms with Crippen molar-refractivity contribution in [2.45, 2.75) is 6.92 Å². The number of allylic oxidation sites excluding steroid dienone is 1. The summed E-state index contributed by atoms with van der Waals surface area (Å²) in [5.41, 5.74) is 0. The van der Waals surface area contributed by atoms with Crippen LogP contribution in [0.1, 0.15) is 6.92 Å². The minimum absolute atomic E-state index is 0.910. The fourth-order valence-corrected chi connectivity index (χ4v) is 0.963. The van der Waals surface area contributed by atoms with Gasteiger partial charge in [-0.2, -0.15) is 5.10 Å². The van der Waals surface area contributed by atoms with E-state index in [9.17, 15) is 0 Å². The standard InChI is InChI=1S/C9H15N3/c1-4-5-7-11(2)9-6-8-12(3)10-9/h4-6,8H,7H2,1-3H3/b5-4+. The average Bonchev–Trinajstić information content (AvgIpc) is 2.47. The Morgan fingerprint density at radius 2 is 2.42 bits per heavy atom. The SMILES string of the molecule is C/C=C/CN(C)c1ccn(C)n1. The van der Waals surface area contributed by atoms with Crippen LogP contribution in [0.2, 0.25) is 0 Å². The van der Waals surface area contributed by atoms with Crippen molar-refractivity contribution < 1.29 is 0 Å². The molecule has 66 valence electrons. The summed E-state index contributed by atoms with van der Waals surface area (Å²) in [5, 5.41) is 4.27. The molecule has 0 amide bonds. The third-order valence-electron chi connectivity index (χ3n) is 1.71. The Morgan fingerprint density at radius 1 is 1.67 bits per heavy atom. The Morgan fingerprint density at radius 3 is 2.92 bits per heavy atom. The van der Waals surface area contributed by atoms with Crippen LogP contribution >= 0.6 is 0 Å². The van der Waals surface area contributed by atoms with Gasteiger partial charge in [-0.05, 0) is 6.92 Å². The second-order valence-electron chi connectivity index (χ2n) is 2.80. The molecule has 1 aromatic heterocycles. The van der Waals surface area contributed by atoms with Gasteiger partial charge in [0.15, 0.2) is 5.82 Å². The summed E-state index contributed by atoms with van der Waals surface area (Å²) >= 11 is 0. The number of aromatic nitrogens is 2. The van der Waals surface area contributed by atoms with E-state index >= 15 is 0 Å². The van der Waals surface area contributed by atoms with Crippen LogP contribution in [-0.4, -0.2) is 23.4 Å². The molecule has 0 saturated carbocycles. The Kier molecular flexibility index (Phi) is 2.91. The van der Waals surface area contributed by atoms with Crippen LogP contribution in [0.4, 0.5) is 5.82 Å². The van der Waals surface area contributed by atoms with E-state index in [1.807, 2.05) is 44.0 Å². The quantitative estimate of drug-likeness (QED) is 0.632. The molecule has 0 atom stereocenters. The summed E-state index contributed by atoms with van der Waals surface area (Å²) in [6, 6.07) is 2.00. The molecule has 0 bridgehead atoms. The molecule has 12 heavy (non-hydrogen) atoms. The van der Waals surface area contributed by atoms with Gasteiger partial charge in [0, 0.05) is 32.9 Å². The van der Waals surface area contributed by atoms with Gasteiger partial charge in [-0.3, -0.25) is 4.68 Å². The van der Waals surface area contributed by atoms with E-state index < -0.39 is 0 Å². The number of rotatable bonds is 3. The van der Waals surface area contributed by atoms with Gasteiger partial charge < -0.3 is 4.90 Å². The molecule has 0 N–H and O–H groups in total. The van der Waals surface area contributed by atoms with Crippen LogP contribution in [0.25, 0.3) is 0 Å². The van der Waals surface area contributed by atoms with Crippen molar-refractivity contribution in [1.29, 1.82) is 0 Å². The maximum Gasteiger partial charge on any atom is 0.150 e. The lowest BCUT2D eigenvalue weighted by Crippen LogP contribution is -2.17. The van der Waals surface area contributed by atoms with Gasteiger partial charge in [-0.1, -0.05) is 12.2 Å². The van der Waals surface area contributed by atoms with Crippen LogP contribution < -0.4 is 4.90 Å². The fourth-order valence-electron chi connectivity index (χ4n) is 0.963. The largest absolute Gasteiger partial charge is 0.354 e. The zero-order valence-electron chi connectivity index (χ0n) is 7.86. The van der Waals surface area contributed by atoms with Gasteiger partial charge in [-0.15, -0.1) is 0 Å². The lowest BCUT2D eigenvalue weighted by atomic mass is 10.4. The van der Waals surface area contributed by atoms with Crippen molar-refractivity contribution in [3.8, 4) is 0 Å². The Labute approximate surface area is 73.3 Å². The van der Waals surface area contributed by atoms with E-state index in [-0.39, 0.29) is 0 Å². The van der Waals surface area contributed by atoms with Crippen molar-refractivity contribution in [2.75, 3.05) is 18.5 Å². The van der Waals surface area contributed by atoms with Crippen LogP contribution in [-0.2, 0) is 7.05 Å². The van der Waals surface area contributed by atoms with E-state index in [1.165, 1.54) is 0 Å². The highest BCUT2D eigenvalue weighted by Gasteiger charge is 1.99. The first-order chi connectivity index (χ1) is 5.74. The predicted octanol–water partition coefficient (Wildman–Crippen LogP) is 1.43. The first-order valence-electron chi connectivity index (χ1n) is 4.06. The summed E-state index contributed by atoms with van der Waals surface area (Å²) in [5.74, 6) is 1.01. The molecule has 3 nitrogen and oxygen atoms in total. The van der Waals surface area contributed by atoms with Crippen LogP contribution in [0, 0.1) is 0 Å². The van der Waals surface area contributed by atoms with Crippen molar-refractivity contribution in [3.63, 3.8) is 0 Å². The minimum Gasteiger partial charge on any atom is -0.354 e. The van der Waals surface area contributed by atoms with Crippen LogP contribution in [0.3, 0.4) is 0 Å². The molecule has 0 aliphatic carbocycles. The van der Waals surface area contributed by atoms with E-state index in [4.69, 9.17) is 0 Å². The number of likely N-dealkylation sites (N-methyl/N-ethyl adjacent to an activating group) is 1. The molecule has 3 heteroatoms. The van der Waals surface area contributed by atoms with Crippen LogP contribution in [0.5, 0.6) is 0 Å². The van der Waals surface area contributed by atoms with Gasteiger partial charge >= 0.3 is 0 Å². The third kappa shape index (κ3) is 2.12. The molecule has 0 spiro atoms. The Hall–Kier alpha value is -1.25. The smallest absolute Gasteiger partial charge is 0.150 e. The highest BCUT2D eigenvalue weighted by molar-refractivity contribution is 5.36. The van der Waals surface area contributed by atoms with E-state index in [2.05, 4.69) is 16.1 Å². The zero-order chi connectivity index (χ0) is 8.97. The van der Waals surface area contributed by atoms with Crippen molar-refractivity contribution in [3.05, 3.63) is 24.4 Å². The van der Waals surface area contributed by atoms with Gasteiger partial charge in [0.2, 0.25) is 0 Å². The highest BCUT2D eigenvalue weighted by Crippen LogP contribution is 2.06. The lowest BCUT2D eigenvalue weighted by molar-refractivity contribution is 0.759. The number of hydrogen-bond acceptors (Lipinski definition) is 2. The Bertz CT molecular complexity index is 262. The number of nitrogens with zero attached hydrogens (tertiary/aromatic N) is 3. The molecular formula is C9H15N3. The van der Waals surface area contributed by atoms with Gasteiger partial charge in [0.25, 0.3) is 0 Å². The second-order valence-corrected chi connectivity index (χ2v) is 2.80. The van der Waals surface area contributed by atoms with Crippen molar-refractivity contribution in [2.24, 2.45) is 7.05 Å². The molecule has 1 rings (SSSR count). The minimum atomic E-state index is 0.910. The second kappa shape index (κ2) is 3.95. The third-order valence-corrected chi connectivity index (χ3v) is 1.71. The monoisotopic (exact) mass is 165 g/mol. The summed E-state index contributed by atoms with van der Waals surface area (Å²) in [7, 11) is 3.95. The summed E-state index contributed by atoms with van der Waals surface area (Å²) in [6.45, 7) is 2.93. The van der Waals surface area contributed by atoms with Crippen LogP contribution in [0.15, 0.2) is 24.4 Å². The predicted molar refractivity (Wildman–Crippen MR) is 51.3 cm³/mol. The molecule has 0 aromatic carbocycles. The molecule has 0 aliphatic heterocycles. The normalized spacial score (nSPS) is 10.9. The first kappa shape index (κ1) is 8.84. The molecule has 0 radical (unpaired) electrons. The number of anilines is 1. The molecular weight excluding hydrogens is 150 g/mol. The highest BCUT2D eigenvalue weighted by atomic mass is 15.3. The first-order valence-corrected chi connectivity index (χ1v) is 4.06. The maximum absolute atomic E-state index is 4.27. The van der Waals surface area contributed by atoms with E-state index in [0.717, 1.165) is 12.4 Å². The lowest BCUT2D eigenvalue weighted by Gasteiger charge is -2.12. The van der Waals surface area contributed by atoms with E-state index in [0.29, 0.717) is 0 Å². The maximum atomic E-state index is 4.27. The fraction of sp³-hybridized carbons (Fsp3) is 0.444. The average molecular weight is 165 g/mol. The number of aryl methyl sites for hydroxylation is 1. The Balaban J connectivity index is 2.58. The summed E-state index contributed by atoms with van der Waals surface area (Å²) < 4.78 is 1.81. The van der Waals surface area contributed by atoms with Crippen molar-refractivity contribution >= 4 is 5.82 Å². The topological polar surface area (TPSA) is 21.1 Å². The van der Waals surface area contributed by atoms with Gasteiger partial charge in [-0.25, -0.2) is 0 Å². The molecule has 0 aliphatic rings. The summed E-state index contributed by atoms with van der Waals surface area (Å²) in [4.78, 5) is 2.10. The van der Waals surface area contributed by atoms with Gasteiger partial charge in [0.05, 0.1) is 0 Å². The van der Waals surface area contributed by atoms with Gasteiger partial charge in [0.1, 0.15) is 0 Å². The molecule has 0 fully saturated rings. The van der Waals surface area contributed by atoms with Crippen molar-refractivity contribution in [1.82, 2.24) is 9.78 Å². The summed E-state index contributed by atoms with van der Waals surface area (Å²) in [6.07, 6.45) is 6.09.